The summed E-state index contributed by atoms with van der Waals surface area (Å²) >= 11 is 0. The van der Waals surface area contributed by atoms with Crippen molar-refractivity contribution < 1.29 is 5.11 Å². The van der Waals surface area contributed by atoms with Gasteiger partial charge in [0.2, 0.25) is 5.95 Å². The topological polar surface area (TPSA) is 67.1 Å². The molecule has 18 heavy (non-hydrogen) atoms. The normalized spacial score (nSPS) is 20.1. The third-order valence-corrected chi connectivity index (χ3v) is 3.13. The number of piperidine rings is 1. The van der Waals surface area contributed by atoms with Gasteiger partial charge in [-0.1, -0.05) is 23.3 Å². The molecule has 2 heterocycles. The summed E-state index contributed by atoms with van der Waals surface area (Å²) in [6, 6.07) is 9.77. The highest BCUT2D eigenvalue weighted by atomic mass is 16.3. The number of aliphatic hydroxyl groups excluding tert-OH is 1. The minimum atomic E-state index is -0.292. The molecule has 0 spiro atoms. The van der Waals surface area contributed by atoms with E-state index in [9.17, 15) is 5.11 Å². The highest BCUT2D eigenvalue weighted by Crippen LogP contribution is 2.19. The summed E-state index contributed by atoms with van der Waals surface area (Å²) in [4.78, 5) is 2.03. The van der Waals surface area contributed by atoms with E-state index < -0.39 is 0 Å². The largest absolute Gasteiger partial charge is 0.391 e. The molecule has 1 N–H and O–H groups in total. The lowest BCUT2D eigenvalue weighted by molar-refractivity contribution is 0.153. The summed E-state index contributed by atoms with van der Waals surface area (Å²) in [5.41, 5.74) is 0.928. The Hall–Kier alpha value is -1.95. The Labute approximate surface area is 105 Å². The van der Waals surface area contributed by atoms with E-state index in [0.717, 1.165) is 25.1 Å². The highest BCUT2D eigenvalue weighted by molar-refractivity contribution is 5.40. The van der Waals surface area contributed by atoms with Crippen LogP contribution in [0.25, 0.3) is 5.69 Å². The van der Waals surface area contributed by atoms with Gasteiger partial charge in [-0.3, -0.25) is 0 Å². The maximum absolute atomic E-state index is 9.72. The summed E-state index contributed by atoms with van der Waals surface area (Å²) in [5, 5.41) is 21.5. The standard InChI is InChI=1S/C12H15N5O/c18-11-7-4-8-16(9-11)12-13-14-15-17(12)10-5-2-1-3-6-10/h1-3,5-6,11,18H,4,7-9H2. The van der Waals surface area contributed by atoms with Crippen molar-refractivity contribution >= 4 is 5.95 Å². The molecular weight excluding hydrogens is 230 g/mol. The Kier molecular flexibility index (Phi) is 2.93. The number of hydrogen-bond acceptors (Lipinski definition) is 5. The maximum Gasteiger partial charge on any atom is 0.250 e. The first-order valence-corrected chi connectivity index (χ1v) is 6.11. The highest BCUT2D eigenvalue weighted by Gasteiger charge is 2.22. The number of aromatic nitrogens is 4. The molecule has 1 unspecified atom stereocenters. The molecule has 1 fully saturated rings. The maximum atomic E-state index is 9.72. The van der Waals surface area contributed by atoms with Crippen molar-refractivity contribution in [1.29, 1.82) is 0 Å². The van der Waals surface area contributed by atoms with Gasteiger partial charge in [0.05, 0.1) is 11.8 Å². The van der Waals surface area contributed by atoms with Crippen LogP contribution in [0.2, 0.25) is 0 Å². The fourth-order valence-corrected chi connectivity index (χ4v) is 2.25. The lowest BCUT2D eigenvalue weighted by Gasteiger charge is -2.30. The third kappa shape index (κ3) is 2.06. The average Bonchev–Trinajstić information content (AvgIpc) is 2.89. The molecule has 3 rings (SSSR count). The van der Waals surface area contributed by atoms with Gasteiger partial charge in [0.1, 0.15) is 0 Å². The van der Waals surface area contributed by atoms with Crippen LogP contribution in [0.5, 0.6) is 0 Å². The number of aliphatic hydroxyl groups is 1. The summed E-state index contributed by atoms with van der Waals surface area (Å²) < 4.78 is 1.71. The second-order valence-corrected chi connectivity index (χ2v) is 4.47. The Morgan fingerprint density at radius 2 is 2.06 bits per heavy atom. The number of nitrogens with zero attached hydrogens (tertiary/aromatic N) is 5. The number of para-hydroxylation sites is 1. The minimum Gasteiger partial charge on any atom is -0.391 e. The molecule has 1 aromatic carbocycles. The zero-order chi connectivity index (χ0) is 12.4. The van der Waals surface area contributed by atoms with E-state index in [-0.39, 0.29) is 6.10 Å². The Bertz CT molecular complexity index is 512. The van der Waals surface area contributed by atoms with Crippen LogP contribution in [-0.4, -0.2) is 44.5 Å². The number of tetrazole rings is 1. The van der Waals surface area contributed by atoms with E-state index in [4.69, 9.17) is 0 Å². The zero-order valence-electron chi connectivity index (χ0n) is 9.98. The van der Waals surface area contributed by atoms with E-state index >= 15 is 0 Å². The first-order chi connectivity index (χ1) is 8.84. The lowest BCUT2D eigenvalue weighted by atomic mass is 10.1. The number of anilines is 1. The molecule has 0 bridgehead atoms. The predicted octanol–water partition coefficient (Wildman–Crippen LogP) is 0.623. The zero-order valence-corrected chi connectivity index (χ0v) is 9.98. The van der Waals surface area contributed by atoms with Crippen molar-refractivity contribution in [2.75, 3.05) is 18.0 Å². The SMILES string of the molecule is OC1CCCN(c2nnnn2-c2ccccc2)C1. The molecule has 0 radical (unpaired) electrons. The number of hydrogen-bond donors (Lipinski definition) is 1. The fourth-order valence-electron chi connectivity index (χ4n) is 2.25. The van der Waals surface area contributed by atoms with Gasteiger partial charge in [-0.15, -0.1) is 0 Å². The molecule has 94 valence electrons. The van der Waals surface area contributed by atoms with Crippen LogP contribution in [0.15, 0.2) is 30.3 Å². The van der Waals surface area contributed by atoms with Crippen molar-refractivity contribution in [2.45, 2.75) is 18.9 Å². The van der Waals surface area contributed by atoms with Gasteiger partial charge in [-0.05, 0) is 35.4 Å². The molecule has 1 atom stereocenters. The Balaban J connectivity index is 1.92. The third-order valence-electron chi connectivity index (χ3n) is 3.13. The van der Waals surface area contributed by atoms with Crippen LogP contribution in [-0.2, 0) is 0 Å². The quantitative estimate of drug-likeness (QED) is 0.840. The van der Waals surface area contributed by atoms with Crippen molar-refractivity contribution in [3.05, 3.63) is 30.3 Å². The summed E-state index contributed by atoms with van der Waals surface area (Å²) in [6.45, 7) is 1.47. The van der Waals surface area contributed by atoms with Gasteiger partial charge in [-0.25, -0.2) is 0 Å². The fraction of sp³-hybridized carbons (Fsp3) is 0.417. The van der Waals surface area contributed by atoms with Crippen molar-refractivity contribution in [1.82, 2.24) is 20.2 Å². The van der Waals surface area contributed by atoms with Crippen LogP contribution < -0.4 is 4.90 Å². The van der Waals surface area contributed by atoms with Crippen LogP contribution >= 0.6 is 0 Å². The Morgan fingerprint density at radius 1 is 1.22 bits per heavy atom. The molecule has 1 aliphatic heterocycles. The van der Waals surface area contributed by atoms with Gasteiger partial charge < -0.3 is 10.0 Å². The van der Waals surface area contributed by atoms with Gasteiger partial charge in [0.15, 0.2) is 0 Å². The van der Waals surface area contributed by atoms with Crippen LogP contribution in [0.4, 0.5) is 5.95 Å². The molecule has 0 amide bonds. The van der Waals surface area contributed by atoms with Crippen molar-refractivity contribution in [2.24, 2.45) is 0 Å². The van der Waals surface area contributed by atoms with E-state index in [1.165, 1.54) is 0 Å². The number of β-amino-alcohol motifs (C(OH)–C–C–N with tert-alkyl or cyclic N) is 1. The summed E-state index contributed by atoms with van der Waals surface area (Å²) in [6.07, 6.45) is 1.52. The lowest BCUT2D eigenvalue weighted by Crippen LogP contribution is -2.39. The smallest absolute Gasteiger partial charge is 0.250 e. The monoisotopic (exact) mass is 245 g/mol. The molecule has 6 nitrogen and oxygen atoms in total. The van der Waals surface area contributed by atoms with Gasteiger partial charge in [-0.2, -0.15) is 4.68 Å². The van der Waals surface area contributed by atoms with Crippen LogP contribution in [0.1, 0.15) is 12.8 Å². The molecule has 0 saturated carbocycles. The van der Waals surface area contributed by atoms with E-state index in [1.807, 2.05) is 35.2 Å². The number of rotatable bonds is 2. The average molecular weight is 245 g/mol. The van der Waals surface area contributed by atoms with Crippen LogP contribution in [0.3, 0.4) is 0 Å². The first kappa shape index (κ1) is 11.2. The second-order valence-electron chi connectivity index (χ2n) is 4.47. The van der Waals surface area contributed by atoms with Crippen molar-refractivity contribution in [3.8, 4) is 5.69 Å². The van der Waals surface area contributed by atoms with Gasteiger partial charge in [0, 0.05) is 13.1 Å². The second kappa shape index (κ2) is 4.73. The minimum absolute atomic E-state index is 0.292. The van der Waals surface area contributed by atoms with E-state index in [0.29, 0.717) is 12.5 Å². The van der Waals surface area contributed by atoms with Crippen LogP contribution in [0, 0.1) is 0 Å². The van der Waals surface area contributed by atoms with Gasteiger partial charge >= 0.3 is 0 Å². The molecule has 1 aliphatic rings. The molecule has 1 saturated heterocycles. The van der Waals surface area contributed by atoms with E-state index in [1.54, 1.807) is 4.68 Å². The predicted molar refractivity (Wildman–Crippen MR) is 66.6 cm³/mol. The molecular formula is C12H15N5O. The molecule has 1 aromatic heterocycles. The van der Waals surface area contributed by atoms with E-state index in [2.05, 4.69) is 15.5 Å². The molecule has 6 heteroatoms. The van der Waals surface area contributed by atoms with Crippen molar-refractivity contribution in [3.63, 3.8) is 0 Å². The molecule has 0 aliphatic carbocycles. The summed E-state index contributed by atoms with van der Waals surface area (Å²) in [5.74, 6) is 0.694. The van der Waals surface area contributed by atoms with Gasteiger partial charge in [0.25, 0.3) is 0 Å². The Morgan fingerprint density at radius 3 is 2.83 bits per heavy atom. The number of benzene rings is 1. The summed E-state index contributed by atoms with van der Waals surface area (Å²) in [7, 11) is 0. The molecule has 2 aromatic rings. The first-order valence-electron chi connectivity index (χ1n) is 6.11.